The lowest BCUT2D eigenvalue weighted by Gasteiger charge is -2.70. The zero-order chi connectivity index (χ0) is 29.0. The maximum Gasteiger partial charge on any atom is 0.311 e. The largest absolute Gasteiger partial charge is 0.481 e. The summed E-state index contributed by atoms with van der Waals surface area (Å²) in [5.74, 6) is -2.33. The number of carboxylic acids is 1. The predicted molar refractivity (Wildman–Crippen MR) is 142 cm³/mol. The van der Waals surface area contributed by atoms with Gasteiger partial charge in [-0.1, -0.05) is 33.3 Å². The molecule has 8 heteroatoms. The summed E-state index contributed by atoms with van der Waals surface area (Å²) in [4.78, 5) is 40.1. The van der Waals surface area contributed by atoms with Crippen molar-refractivity contribution in [3.8, 4) is 0 Å². The van der Waals surface area contributed by atoms with E-state index in [1.165, 1.54) is 7.11 Å². The maximum absolute atomic E-state index is 14.4. The van der Waals surface area contributed by atoms with Crippen LogP contribution in [0.5, 0.6) is 0 Å². The number of carbonyl (C=O) groups is 3. The number of methoxy groups -OCH3 is 1. The van der Waals surface area contributed by atoms with Crippen LogP contribution in [-0.4, -0.2) is 64.1 Å². The molecule has 0 aromatic heterocycles. The molecule has 0 aromatic rings. The van der Waals surface area contributed by atoms with Crippen molar-refractivity contribution in [2.24, 2.45) is 50.2 Å². The first kappa shape index (κ1) is 28.7. The van der Waals surface area contributed by atoms with Crippen LogP contribution in [0.25, 0.3) is 0 Å². The van der Waals surface area contributed by atoms with Crippen LogP contribution in [0.4, 0.5) is 0 Å². The van der Waals surface area contributed by atoms with Crippen LogP contribution in [-0.2, 0) is 19.1 Å². The van der Waals surface area contributed by atoms with E-state index in [1.54, 1.807) is 6.08 Å². The Morgan fingerprint density at radius 2 is 1.64 bits per heavy atom. The van der Waals surface area contributed by atoms with Gasteiger partial charge in [0.15, 0.2) is 5.78 Å². The van der Waals surface area contributed by atoms with Gasteiger partial charge in [-0.25, -0.2) is 0 Å². The minimum atomic E-state index is -1.07. The number of allylic oxidation sites excluding steroid dienone is 2. The second-order valence-corrected chi connectivity index (χ2v) is 14.9. The van der Waals surface area contributed by atoms with Crippen LogP contribution in [0.1, 0.15) is 86.0 Å². The Balaban J connectivity index is 1.66. The molecule has 5 rings (SSSR count). The summed E-state index contributed by atoms with van der Waals surface area (Å²) >= 11 is 0. The average Bonchev–Trinajstić information content (AvgIpc) is 2.87. The molecule has 8 nitrogen and oxygen atoms in total. The lowest BCUT2D eigenvalue weighted by atomic mass is 9.33. The standard InChI is InChI=1S/C31H46O8/c1-26(25(38)39-6)9-11-31(24(36)37)12-10-29(4)17(18(31)14-26)13-19(33)22-27(2)15-20(34)23(35)28(3,16-32)21(27)7-8-30(22,29)5/h13,18,20-23,32,34-35H,7-12,14-16H2,1-6H3,(H,36,37)/t18-,20+,21?,22-,23+,26-,27+,28+,29-,30-,31+/m1/s1. The van der Waals surface area contributed by atoms with Gasteiger partial charge in [-0.05, 0) is 92.4 Å². The quantitative estimate of drug-likeness (QED) is 0.394. The van der Waals surface area contributed by atoms with Gasteiger partial charge in [0.25, 0.3) is 0 Å². The fourth-order valence-electron chi connectivity index (χ4n) is 10.9. The normalized spacial score (nSPS) is 52.9. The fourth-order valence-corrected chi connectivity index (χ4v) is 10.9. The molecular weight excluding hydrogens is 500 g/mol. The number of rotatable bonds is 3. The Kier molecular flexibility index (Phi) is 6.35. The Bertz CT molecular complexity index is 1130. The molecule has 0 aliphatic heterocycles. The number of fused-ring (bicyclic) bond motifs is 7. The molecule has 0 bridgehead atoms. The highest BCUT2D eigenvalue weighted by Gasteiger charge is 2.72. The number of ether oxygens (including phenoxy) is 1. The molecule has 1 unspecified atom stereocenters. The molecule has 0 radical (unpaired) electrons. The fraction of sp³-hybridized carbons (Fsp3) is 0.839. The van der Waals surface area contributed by atoms with Crippen molar-refractivity contribution in [3.63, 3.8) is 0 Å². The summed E-state index contributed by atoms with van der Waals surface area (Å²) in [5.41, 5.74) is -3.57. The van der Waals surface area contributed by atoms with Gasteiger partial charge in [-0.2, -0.15) is 0 Å². The van der Waals surface area contributed by atoms with Gasteiger partial charge in [-0.3, -0.25) is 14.4 Å². The number of hydrogen-bond donors (Lipinski definition) is 4. The predicted octanol–water partition coefficient (Wildman–Crippen LogP) is 3.51. The number of aliphatic hydroxyl groups is 3. The summed E-state index contributed by atoms with van der Waals surface area (Å²) in [6.07, 6.45) is 3.45. The Morgan fingerprint density at radius 1 is 1.00 bits per heavy atom. The number of aliphatic hydroxyl groups excluding tert-OH is 3. The van der Waals surface area contributed by atoms with E-state index >= 15 is 0 Å². The van der Waals surface area contributed by atoms with E-state index in [9.17, 15) is 34.8 Å². The zero-order valence-corrected chi connectivity index (χ0v) is 24.2. The highest BCUT2D eigenvalue weighted by Crippen LogP contribution is 2.75. The molecule has 0 spiro atoms. The van der Waals surface area contributed by atoms with E-state index in [4.69, 9.17) is 4.74 Å². The Hall–Kier alpha value is -1.77. The van der Waals surface area contributed by atoms with Crippen molar-refractivity contribution in [1.82, 2.24) is 0 Å². The van der Waals surface area contributed by atoms with Gasteiger partial charge in [-0.15, -0.1) is 0 Å². The lowest BCUT2D eigenvalue weighted by molar-refractivity contribution is -0.239. The van der Waals surface area contributed by atoms with Crippen molar-refractivity contribution >= 4 is 17.7 Å². The van der Waals surface area contributed by atoms with Crippen LogP contribution >= 0.6 is 0 Å². The molecule has 39 heavy (non-hydrogen) atoms. The SMILES string of the molecule is COC(=O)[C@]1(C)CC[C@]2(C(=O)O)CC[C@]3(C)C(=CC(=O)[C@@H]4[C@@]5(C)C[C@H](O)[C@H](O)[C@@](C)(CO)C5CC[C@]43C)[C@H]2C1. The molecule has 0 amide bonds. The smallest absolute Gasteiger partial charge is 0.311 e. The average molecular weight is 547 g/mol. The molecule has 0 aromatic carbocycles. The number of carboxylic acid groups (broad SMARTS) is 1. The number of esters is 1. The Morgan fingerprint density at radius 3 is 2.23 bits per heavy atom. The Labute approximate surface area is 231 Å². The first-order chi connectivity index (χ1) is 18.0. The van der Waals surface area contributed by atoms with Crippen molar-refractivity contribution < 1.29 is 39.5 Å². The molecule has 0 saturated heterocycles. The van der Waals surface area contributed by atoms with Gasteiger partial charge in [0.2, 0.25) is 0 Å². The summed E-state index contributed by atoms with van der Waals surface area (Å²) in [6, 6.07) is 0. The van der Waals surface area contributed by atoms with Gasteiger partial charge < -0.3 is 25.2 Å². The molecule has 4 fully saturated rings. The summed E-state index contributed by atoms with van der Waals surface area (Å²) in [6.45, 7) is 9.77. The van der Waals surface area contributed by atoms with E-state index in [2.05, 4.69) is 13.8 Å². The minimum absolute atomic E-state index is 0.0624. The second-order valence-electron chi connectivity index (χ2n) is 14.9. The molecule has 11 atom stereocenters. The number of aliphatic carboxylic acids is 1. The van der Waals surface area contributed by atoms with E-state index in [-0.39, 0.29) is 30.7 Å². The third-order valence-electron chi connectivity index (χ3n) is 13.3. The third kappa shape index (κ3) is 3.37. The topological polar surface area (TPSA) is 141 Å². The summed E-state index contributed by atoms with van der Waals surface area (Å²) in [7, 11) is 1.36. The van der Waals surface area contributed by atoms with Gasteiger partial charge >= 0.3 is 11.9 Å². The summed E-state index contributed by atoms with van der Waals surface area (Å²) in [5, 5.41) is 42.9. The van der Waals surface area contributed by atoms with E-state index in [0.29, 0.717) is 44.9 Å². The van der Waals surface area contributed by atoms with Crippen LogP contribution in [0.3, 0.4) is 0 Å². The van der Waals surface area contributed by atoms with Gasteiger partial charge in [0.05, 0.1) is 36.8 Å². The first-order valence-corrected chi connectivity index (χ1v) is 14.6. The van der Waals surface area contributed by atoms with Gasteiger partial charge in [0.1, 0.15) is 0 Å². The molecule has 218 valence electrons. The van der Waals surface area contributed by atoms with E-state index in [0.717, 1.165) is 5.57 Å². The van der Waals surface area contributed by atoms with Crippen LogP contribution in [0.15, 0.2) is 11.6 Å². The van der Waals surface area contributed by atoms with Gasteiger partial charge in [0, 0.05) is 11.3 Å². The maximum atomic E-state index is 14.4. The number of carbonyl (C=O) groups excluding carboxylic acids is 2. The number of ketones is 1. The van der Waals surface area contributed by atoms with Crippen molar-refractivity contribution in [2.45, 2.75) is 98.2 Å². The zero-order valence-electron chi connectivity index (χ0n) is 24.2. The molecule has 5 aliphatic rings. The molecular formula is C31H46O8. The van der Waals surface area contributed by atoms with Crippen LogP contribution in [0, 0.1) is 50.2 Å². The van der Waals surface area contributed by atoms with Crippen molar-refractivity contribution in [1.29, 1.82) is 0 Å². The number of hydrogen-bond acceptors (Lipinski definition) is 7. The van der Waals surface area contributed by atoms with E-state index in [1.807, 2.05) is 20.8 Å². The molecule has 0 heterocycles. The third-order valence-corrected chi connectivity index (χ3v) is 13.3. The minimum Gasteiger partial charge on any atom is -0.481 e. The van der Waals surface area contributed by atoms with Crippen molar-refractivity contribution in [3.05, 3.63) is 11.6 Å². The monoisotopic (exact) mass is 546 g/mol. The lowest BCUT2D eigenvalue weighted by Crippen LogP contribution is -2.69. The highest BCUT2D eigenvalue weighted by molar-refractivity contribution is 5.96. The van der Waals surface area contributed by atoms with Crippen LogP contribution in [0.2, 0.25) is 0 Å². The molecule has 4 N–H and O–H groups in total. The van der Waals surface area contributed by atoms with Crippen molar-refractivity contribution in [2.75, 3.05) is 13.7 Å². The molecule has 5 aliphatic carbocycles. The van der Waals surface area contributed by atoms with Crippen LogP contribution < -0.4 is 0 Å². The first-order valence-electron chi connectivity index (χ1n) is 14.6. The highest BCUT2D eigenvalue weighted by atomic mass is 16.5. The van der Waals surface area contributed by atoms with E-state index < -0.39 is 62.5 Å². The summed E-state index contributed by atoms with van der Waals surface area (Å²) < 4.78 is 5.14. The molecule has 4 saturated carbocycles. The second kappa shape index (κ2) is 8.62.